The van der Waals surface area contributed by atoms with E-state index in [1.807, 2.05) is 41.5 Å². The molecule has 0 aromatic carbocycles. The topological polar surface area (TPSA) is 87.7 Å². The second kappa shape index (κ2) is 12.9. The Morgan fingerprint density at radius 1 is 1.16 bits per heavy atom. The molecule has 3 atom stereocenters. The molecule has 2 amide bonds. The van der Waals surface area contributed by atoms with E-state index in [2.05, 4.69) is 14.8 Å². The van der Waals surface area contributed by atoms with Gasteiger partial charge in [0.2, 0.25) is 5.91 Å². The largest absolute Gasteiger partial charge is 0.444 e. The van der Waals surface area contributed by atoms with Crippen LogP contribution in [-0.4, -0.2) is 122 Å². The van der Waals surface area contributed by atoms with E-state index in [4.69, 9.17) is 14.2 Å². The summed E-state index contributed by atoms with van der Waals surface area (Å²) >= 11 is 0. The minimum atomic E-state index is -3.03. The maximum Gasteiger partial charge on any atom is 0.410 e. The molecule has 1 aromatic rings. The molecule has 0 N–H and O–H groups in total. The molecule has 1 aromatic heterocycles. The van der Waals surface area contributed by atoms with E-state index in [0.717, 1.165) is 0 Å². The van der Waals surface area contributed by atoms with Gasteiger partial charge in [-0.15, -0.1) is 0 Å². The Kier molecular flexibility index (Phi) is 10.0. The molecule has 2 fully saturated rings. The van der Waals surface area contributed by atoms with Crippen LogP contribution in [0.5, 0.6) is 0 Å². The first-order valence-electron chi connectivity index (χ1n) is 15.3. The maximum atomic E-state index is 14.6. The Morgan fingerprint density at radius 3 is 2.53 bits per heavy atom. The zero-order valence-electron chi connectivity index (χ0n) is 27.0. The van der Waals surface area contributed by atoms with Crippen molar-refractivity contribution < 1.29 is 32.6 Å². The average molecular weight is 610 g/mol. The lowest BCUT2D eigenvalue weighted by Gasteiger charge is -2.48. The number of nitrogens with zero attached hydrogens (tertiary/aromatic N) is 5. The van der Waals surface area contributed by atoms with Crippen LogP contribution in [0.4, 0.5) is 19.3 Å². The van der Waals surface area contributed by atoms with Crippen LogP contribution in [0.25, 0.3) is 0 Å². The van der Waals surface area contributed by atoms with Gasteiger partial charge in [-0.1, -0.05) is 20.8 Å². The number of pyridine rings is 1. The van der Waals surface area contributed by atoms with Crippen molar-refractivity contribution in [2.24, 2.45) is 0 Å². The highest BCUT2D eigenvalue weighted by Crippen LogP contribution is 2.42. The Morgan fingerprint density at radius 2 is 1.88 bits per heavy atom. The standard InChI is InChI=1S/C31H49F2N5O5/c1-9-31(32,33)22-12-25-27(34-13-22)30(6,7)20-38(25)26(39)17-36-14-21(2)37(28(40)43-29(3,4)5)16-23(36)15-35-10-11-42-19-24(35)18-41-8/h12-13,21,23-24H,9-11,14-20H2,1-8H3/t21-,23+,24-/m1/s1. The number of aromatic nitrogens is 1. The fraction of sp³-hybridized carbons (Fsp3) is 0.774. The number of ether oxygens (including phenoxy) is 3. The van der Waals surface area contributed by atoms with E-state index in [1.165, 1.54) is 19.2 Å². The third kappa shape index (κ3) is 7.64. The summed E-state index contributed by atoms with van der Waals surface area (Å²) in [6.07, 6.45) is 0.513. The van der Waals surface area contributed by atoms with E-state index in [1.54, 1.807) is 16.9 Å². The van der Waals surface area contributed by atoms with Crippen molar-refractivity contribution in [2.45, 2.75) is 90.0 Å². The number of alkyl halides is 2. The number of carbonyl (C=O) groups is 2. The third-order valence-corrected chi connectivity index (χ3v) is 8.60. The summed E-state index contributed by atoms with van der Waals surface area (Å²) in [4.78, 5) is 39.4. The third-order valence-electron chi connectivity index (χ3n) is 8.60. The fourth-order valence-corrected chi connectivity index (χ4v) is 6.22. The summed E-state index contributed by atoms with van der Waals surface area (Å²) in [6.45, 7) is 17.1. The Labute approximate surface area is 254 Å². The molecule has 3 aliphatic heterocycles. The number of carbonyl (C=O) groups excluding carboxylic acids is 2. The minimum absolute atomic E-state index is 0.0571. The molecule has 2 saturated heterocycles. The predicted molar refractivity (Wildman–Crippen MR) is 160 cm³/mol. The summed E-state index contributed by atoms with van der Waals surface area (Å²) < 4.78 is 46.1. The second-order valence-electron chi connectivity index (χ2n) is 13.8. The van der Waals surface area contributed by atoms with Crippen LogP contribution in [-0.2, 0) is 30.3 Å². The number of piperazine rings is 1. The minimum Gasteiger partial charge on any atom is -0.444 e. The second-order valence-corrected chi connectivity index (χ2v) is 13.8. The number of fused-ring (bicyclic) bond motifs is 1. The molecule has 12 heteroatoms. The molecule has 4 heterocycles. The van der Waals surface area contributed by atoms with Crippen molar-refractivity contribution in [3.63, 3.8) is 0 Å². The molecular weight excluding hydrogens is 560 g/mol. The predicted octanol–water partition coefficient (Wildman–Crippen LogP) is 3.86. The van der Waals surface area contributed by atoms with Gasteiger partial charge in [-0.25, -0.2) is 13.6 Å². The molecule has 0 aliphatic carbocycles. The van der Waals surface area contributed by atoms with Crippen molar-refractivity contribution in [3.8, 4) is 0 Å². The SMILES string of the molecule is CCC(F)(F)c1cnc2c(c1)N(C(=O)CN1C[C@@H](C)N(C(=O)OC(C)(C)C)C[C@@H]1CN1CCOC[C@H]1COC)CC2(C)C. The molecule has 0 saturated carbocycles. The van der Waals surface area contributed by atoms with Gasteiger partial charge in [0.15, 0.2) is 0 Å². The number of halogens is 2. The Balaban J connectivity index is 1.59. The Bertz CT molecular complexity index is 1160. The first kappa shape index (κ1) is 33.5. The monoisotopic (exact) mass is 609 g/mol. The molecule has 43 heavy (non-hydrogen) atoms. The smallest absolute Gasteiger partial charge is 0.410 e. The fourth-order valence-electron chi connectivity index (χ4n) is 6.22. The molecule has 0 spiro atoms. The van der Waals surface area contributed by atoms with E-state index in [9.17, 15) is 18.4 Å². The molecule has 0 radical (unpaired) electrons. The van der Waals surface area contributed by atoms with Gasteiger partial charge >= 0.3 is 6.09 Å². The zero-order chi connectivity index (χ0) is 31.7. The molecule has 4 rings (SSSR count). The van der Waals surface area contributed by atoms with Crippen LogP contribution >= 0.6 is 0 Å². The van der Waals surface area contributed by atoms with Gasteiger partial charge in [0, 0.05) is 75.5 Å². The zero-order valence-corrected chi connectivity index (χ0v) is 27.0. The van der Waals surface area contributed by atoms with Crippen LogP contribution in [0.2, 0.25) is 0 Å². The number of hydrogen-bond donors (Lipinski definition) is 0. The molecule has 0 bridgehead atoms. The van der Waals surface area contributed by atoms with Gasteiger partial charge in [0.1, 0.15) is 5.60 Å². The van der Waals surface area contributed by atoms with Crippen molar-refractivity contribution in [3.05, 3.63) is 23.5 Å². The summed E-state index contributed by atoms with van der Waals surface area (Å²) in [6, 6.07) is 1.12. The summed E-state index contributed by atoms with van der Waals surface area (Å²) in [7, 11) is 1.66. The lowest BCUT2D eigenvalue weighted by atomic mass is 9.91. The van der Waals surface area contributed by atoms with E-state index < -0.39 is 16.9 Å². The van der Waals surface area contributed by atoms with E-state index in [-0.39, 0.29) is 48.7 Å². The number of morpholine rings is 1. The molecule has 3 aliphatic rings. The van der Waals surface area contributed by atoms with Crippen LogP contribution in [0.15, 0.2) is 12.3 Å². The van der Waals surface area contributed by atoms with E-state index >= 15 is 0 Å². The van der Waals surface area contributed by atoms with Gasteiger partial charge in [-0.2, -0.15) is 0 Å². The van der Waals surface area contributed by atoms with Crippen molar-refractivity contribution in [1.82, 2.24) is 19.7 Å². The summed E-state index contributed by atoms with van der Waals surface area (Å²) in [5, 5.41) is 0. The lowest BCUT2D eigenvalue weighted by Crippen LogP contribution is -2.64. The van der Waals surface area contributed by atoms with Gasteiger partial charge in [0.05, 0.1) is 43.8 Å². The number of amides is 2. The maximum absolute atomic E-state index is 14.6. The number of methoxy groups -OCH3 is 1. The quantitative estimate of drug-likeness (QED) is 0.439. The first-order valence-corrected chi connectivity index (χ1v) is 15.3. The number of anilines is 1. The van der Waals surface area contributed by atoms with Crippen molar-refractivity contribution in [1.29, 1.82) is 0 Å². The van der Waals surface area contributed by atoms with Gasteiger partial charge in [-0.3, -0.25) is 19.6 Å². The average Bonchev–Trinajstić information content (AvgIpc) is 3.20. The van der Waals surface area contributed by atoms with Crippen LogP contribution in [0.3, 0.4) is 0 Å². The van der Waals surface area contributed by atoms with Crippen molar-refractivity contribution >= 4 is 17.7 Å². The highest BCUT2D eigenvalue weighted by molar-refractivity contribution is 5.97. The highest BCUT2D eigenvalue weighted by atomic mass is 19.3. The van der Waals surface area contributed by atoms with Gasteiger partial charge < -0.3 is 24.0 Å². The lowest BCUT2D eigenvalue weighted by molar-refractivity contribution is -0.122. The van der Waals surface area contributed by atoms with Gasteiger partial charge in [-0.05, 0) is 33.8 Å². The molecule has 242 valence electrons. The van der Waals surface area contributed by atoms with Gasteiger partial charge in [0.25, 0.3) is 5.92 Å². The number of hydrogen-bond acceptors (Lipinski definition) is 8. The van der Waals surface area contributed by atoms with Crippen molar-refractivity contribution in [2.75, 3.05) is 71.1 Å². The Hall–Kier alpha value is -2.41. The molecule has 10 nitrogen and oxygen atoms in total. The summed E-state index contributed by atoms with van der Waals surface area (Å²) in [5.74, 6) is -3.21. The highest BCUT2D eigenvalue weighted by Gasteiger charge is 2.44. The van der Waals surface area contributed by atoms with Crippen LogP contribution in [0.1, 0.15) is 66.1 Å². The first-order chi connectivity index (χ1) is 20.1. The van der Waals surface area contributed by atoms with Crippen LogP contribution < -0.4 is 4.90 Å². The van der Waals surface area contributed by atoms with E-state index in [0.29, 0.717) is 63.9 Å². The number of rotatable bonds is 8. The molecular formula is C31H49F2N5O5. The summed E-state index contributed by atoms with van der Waals surface area (Å²) in [5.41, 5.74) is -0.199. The molecule has 0 unspecified atom stereocenters. The normalized spacial score (nSPS) is 25.1. The van der Waals surface area contributed by atoms with Crippen LogP contribution in [0, 0.1) is 0 Å².